The van der Waals surface area contributed by atoms with E-state index in [1.54, 1.807) is 13.1 Å². The summed E-state index contributed by atoms with van der Waals surface area (Å²) in [5.74, 6) is -2.07. The van der Waals surface area contributed by atoms with Gasteiger partial charge in [-0.3, -0.25) is 4.79 Å². The molecule has 0 spiro atoms. The van der Waals surface area contributed by atoms with Crippen LogP contribution in [-0.4, -0.2) is 44.1 Å². The summed E-state index contributed by atoms with van der Waals surface area (Å²) in [6.07, 6.45) is 0.882. The third-order valence-electron chi connectivity index (χ3n) is 3.92. The molecule has 1 aromatic rings. The number of hydrogen-bond acceptors (Lipinski definition) is 6. The van der Waals surface area contributed by atoms with Crippen molar-refractivity contribution in [3.63, 3.8) is 0 Å². The lowest BCUT2D eigenvalue weighted by Crippen LogP contribution is -2.63. The normalized spacial score (nSPS) is 29.4. The Kier molecular flexibility index (Phi) is 3.54. The van der Waals surface area contributed by atoms with Crippen molar-refractivity contribution in [2.24, 2.45) is 11.8 Å². The lowest BCUT2D eigenvalue weighted by molar-refractivity contribution is -0.163. The number of hydrogen-bond donors (Lipinski definition) is 2. The summed E-state index contributed by atoms with van der Waals surface area (Å²) >= 11 is 2.72. The topological polar surface area (TPSA) is 90.7 Å². The van der Waals surface area contributed by atoms with Gasteiger partial charge in [-0.05, 0) is 6.92 Å². The highest BCUT2D eigenvalue weighted by molar-refractivity contribution is 8.04. The number of aliphatic hydroxyl groups is 1. The molecule has 0 radical (unpaired) electrons. The zero-order valence-electron chi connectivity index (χ0n) is 11.4. The van der Waals surface area contributed by atoms with Crippen LogP contribution >= 0.6 is 23.1 Å². The molecule has 1 aromatic heterocycles. The van der Waals surface area contributed by atoms with Gasteiger partial charge in [-0.25, -0.2) is 9.78 Å². The first-order chi connectivity index (χ1) is 9.93. The van der Waals surface area contributed by atoms with Crippen LogP contribution in [0.2, 0.25) is 0 Å². The highest BCUT2D eigenvalue weighted by atomic mass is 32.2. The lowest BCUT2D eigenvalue weighted by atomic mass is 9.79. The standard InChI is InChI=1S/C13H14N2O4S2/c1-5-8-7(6(2)16)11(17)15(8)9(12(18)19)10(5)21-13-14-3-4-20-13/h3-8,16H,1-2H3,(H,18,19)/t5-,6-,7-,8-/m1/s1. The first-order valence-electron chi connectivity index (χ1n) is 6.49. The second-order valence-electron chi connectivity index (χ2n) is 5.17. The van der Waals surface area contributed by atoms with Crippen LogP contribution in [-0.2, 0) is 9.59 Å². The monoisotopic (exact) mass is 326 g/mol. The van der Waals surface area contributed by atoms with Crippen LogP contribution in [0.1, 0.15) is 13.8 Å². The van der Waals surface area contributed by atoms with Gasteiger partial charge in [0.2, 0.25) is 5.91 Å². The maximum atomic E-state index is 12.1. The van der Waals surface area contributed by atoms with E-state index >= 15 is 0 Å². The molecule has 2 aliphatic heterocycles. The Balaban J connectivity index is 1.97. The Morgan fingerprint density at radius 3 is 2.81 bits per heavy atom. The van der Waals surface area contributed by atoms with Gasteiger partial charge >= 0.3 is 5.97 Å². The van der Waals surface area contributed by atoms with Gasteiger partial charge in [-0.1, -0.05) is 18.7 Å². The highest BCUT2D eigenvalue weighted by Gasteiger charge is 2.60. The number of thiazole rings is 1. The Hall–Kier alpha value is -1.38. The van der Waals surface area contributed by atoms with E-state index in [0.29, 0.717) is 4.91 Å². The van der Waals surface area contributed by atoms with Gasteiger partial charge in [0.15, 0.2) is 4.34 Å². The minimum Gasteiger partial charge on any atom is -0.477 e. The van der Waals surface area contributed by atoms with Gasteiger partial charge in [0.05, 0.1) is 18.1 Å². The highest BCUT2D eigenvalue weighted by Crippen LogP contribution is 2.52. The zero-order chi connectivity index (χ0) is 15.3. The molecule has 0 saturated carbocycles. The molecule has 0 aromatic carbocycles. The molecule has 3 heterocycles. The van der Waals surface area contributed by atoms with Crippen molar-refractivity contribution >= 4 is 35.0 Å². The minimum absolute atomic E-state index is 0.0367. The fraction of sp³-hybridized carbons (Fsp3) is 0.462. The molecule has 1 amide bonds. The third-order valence-corrected chi connectivity index (χ3v) is 6.09. The molecule has 2 N–H and O–H groups in total. The summed E-state index contributed by atoms with van der Waals surface area (Å²) in [5.41, 5.74) is 0.0367. The van der Waals surface area contributed by atoms with E-state index in [1.807, 2.05) is 12.3 Å². The molecule has 2 aliphatic rings. The molecule has 8 heteroatoms. The first kappa shape index (κ1) is 14.6. The number of rotatable bonds is 4. The third kappa shape index (κ3) is 2.09. The maximum Gasteiger partial charge on any atom is 0.353 e. The predicted molar refractivity (Wildman–Crippen MR) is 77.6 cm³/mol. The predicted octanol–water partition coefficient (Wildman–Crippen LogP) is 1.39. The summed E-state index contributed by atoms with van der Waals surface area (Å²) in [6.45, 7) is 3.46. The van der Waals surface area contributed by atoms with E-state index in [0.717, 1.165) is 4.34 Å². The Bertz CT molecular complexity index is 626. The van der Waals surface area contributed by atoms with Crippen LogP contribution in [0, 0.1) is 11.8 Å². The van der Waals surface area contributed by atoms with E-state index in [-0.39, 0.29) is 23.6 Å². The van der Waals surface area contributed by atoms with Crippen LogP contribution in [0.4, 0.5) is 0 Å². The van der Waals surface area contributed by atoms with Gasteiger partial charge in [-0.2, -0.15) is 0 Å². The summed E-state index contributed by atoms with van der Waals surface area (Å²) < 4.78 is 0.749. The van der Waals surface area contributed by atoms with Crippen molar-refractivity contribution in [1.29, 1.82) is 0 Å². The Labute approximate surface area is 129 Å². The Morgan fingerprint density at radius 2 is 2.29 bits per heavy atom. The van der Waals surface area contributed by atoms with Crippen molar-refractivity contribution < 1.29 is 19.8 Å². The fourth-order valence-corrected chi connectivity index (χ4v) is 4.91. The second-order valence-corrected chi connectivity index (χ2v) is 7.36. The number of thioether (sulfide) groups is 1. The van der Waals surface area contributed by atoms with Gasteiger partial charge < -0.3 is 15.1 Å². The van der Waals surface area contributed by atoms with Crippen LogP contribution in [0.25, 0.3) is 0 Å². The largest absolute Gasteiger partial charge is 0.477 e. The van der Waals surface area contributed by atoms with Gasteiger partial charge in [-0.15, -0.1) is 11.3 Å². The van der Waals surface area contributed by atoms with Crippen molar-refractivity contribution in [2.45, 2.75) is 30.3 Å². The van der Waals surface area contributed by atoms with Crippen molar-refractivity contribution in [2.75, 3.05) is 0 Å². The average molecular weight is 326 g/mol. The number of carbonyl (C=O) groups excluding carboxylic acids is 1. The fourth-order valence-electron chi connectivity index (χ4n) is 3.01. The smallest absolute Gasteiger partial charge is 0.353 e. The zero-order valence-corrected chi connectivity index (χ0v) is 13.0. The summed E-state index contributed by atoms with van der Waals surface area (Å²) in [6, 6.07) is -0.272. The SMILES string of the molecule is C[C@@H](O)[C@H]1C(=O)N2C(C(=O)O)=C(Sc3nccs3)[C@H](C)[C@H]12. The minimum atomic E-state index is -1.11. The molecule has 0 aliphatic carbocycles. The lowest BCUT2D eigenvalue weighted by Gasteiger charge is -2.46. The number of carboxylic acids is 1. The first-order valence-corrected chi connectivity index (χ1v) is 8.19. The molecule has 21 heavy (non-hydrogen) atoms. The summed E-state index contributed by atoms with van der Waals surface area (Å²) in [4.78, 5) is 29.8. The van der Waals surface area contributed by atoms with Crippen molar-refractivity contribution in [1.82, 2.24) is 9.88 Å². The van der Waals surface area contributed by atoms with Gasteiger partial charge in [0.1, 0.15) is 5.70 Å². The van der Waals surface area contributed by atoms with Crippen LogP contribution in [0.15, 0.2) is 26.5 Å². The van der Waals surface area contributed by atoms with E-state index < -0.39 is 18.0 Å². The summed E-state index contributed by atoms with van der Waals surface area (Å²) in [5, 5.41) is 21.0. The van der Waals surface area contributed by atoms with E-state index in [4.69, 9.17) is 0 Å². The number of aliphatic hydroxyl groups excluding tert-OH is 1. The molecule has 3 rings (SSSR count). The Morgan fingerprint density at radius 1 is 1.57 bits per heavy atom. The van der Waals surface area contributed by atoms with E-state index in [9.17, 15) is 19.8 Å². The van der Waals surface area contributed by atoms with Gasteiger partial charge in [0, 0.05) is 22.4 Å². The molecule has 112 valence electrons. The molecular formula is C13H14N2O4S2. The van der Waals surface area contributed by atoms with E-state index in [2.05, 4.69) is 4.98 Å². The molecule has 0 bridgehead atoms. The van der Waals surface area contributed by atoms with Crippen molar-refractivity contribution in [3.8, 4) is 0 Å². The molecule has 6 nitrogen and oxygen atoms in total. The molecule has 0 unspecified atom stereocenters. The quantitative estimate of drug-likeness (QED) is 0.813. The molecule has 1 fully saturated rings. The average Bonchev–Trinajstić information content (AvgIpc) is 2.97. The molecule has 4 atom stereocenters. The van der Waals surface area contributed by atoms with Crippen LogP contribution in [0.3, 0.4) is 0 Å². The van der Waals surface area contributed by atoms with E-state index in [1.165, 1.54) is 28.0 Å². The van der Waals surface area contributed by atoms with Gasteiger partial charge in [0.25, 0.3) is 0 Å². The number of β-lactam (4-membered cyclic amide) rings is 1. The summed E-state index contributed by atoms with van der Waals surface area (Å²) in [7, 11) is 0. The second kappa shape index (κ2) is 5.11. The van der Waals surface area contributed by atoms with Crippen molar-refractivity contribution in [3.05, 3.63) is 22.2 Å². The number of amides is 1. The maximum absolute atomic E-state index is 12.1. The number of aromatic nitrogens is 1. The van der Waals surface area contributed by atoms with Crippen LogP contribution in [0.5, 0.6) is 0 Å². The molecular weight excluding hydrogens is 312 g/mol. The number of fused-ring (bicyclic) bond motifs is 1. The number of carboxylic acid groups (broad SMARTS) is 1. The molecule has 1 saturated heterocycles. The van der Waals surface area contributed by atoms with Crippen LogP contribution < -0.4 is 0 Å². The number of nitrogens with zero attached hydrogens (tertiary/aromatic N) is 2. The number of carbonyl (C=O) groups is 2. The number of aliphatic carboxylic acids is 1.